The zero-order chi connectivity index (χ0) is 17.8. The number of nitrogens with zero attached hydrogens (tertiary/aromatic N) is 2. The topological polar surface area (TPSA) is 57.7 Å². The van der Waals surface area contributed by atoms with Gasteiger partial charge < -0.3 is 4.90 Å². The van der Waals surface area contributed by atoms with E-state index in [1.54, 1.807) is 36.1 Å². The number of piperazine rings is 1. The molecule has 1 aliphatic heterocycles. The van der Waals surface area contributed by atoms with Crippen molar-refractivity contribution in [3.05, 3.63) is 29.8 Å². The minimum absolute atomic E-state index is 0.0973. The minimum atomic E-state index is -3.53. The van der Waals surface area contributed by atoms with E-state index >= 15 is 0 Å². The summed E-state index contributed by atoms with van der Waals surface area (Å²) < 4.78 is 25.8. The first-order valence-electron chi connectivity index (χ1n) is 7.82. The number of rotatable bonds is 3. The smallest absolute Gasteiger partial charge is 0.243 e. The third-order valence-electron chi connectivity index (χ3n) is 4.91. The van der Waals surface area contributed by atoms with Crippen molar-refractivity contribution < 1.29 is 13.2 Å². The normalized spacial score (nSPS) is 27.1. The summed E-state index contributed by atoms with van der Waals surface area (Å²) >= 11 is 12.1. The molecule has 8 heteroatoms. The molecule has 2 fully saturated rings. The Labute approximate surface area is 152 Å². The molecule has 5 nitrogen and oxygen atoms in total. The van der Waals surface area contributed by atoms with Crippen LogP contribution in [0.15, 0.2) is 29.2 Å². The third-order valence-corrected chi connectivity index (χ3v) is 7.93. The van der Waals surface area contributed by atoms with E-state index in [-0.39, 0.29) is 23.9 Å². The van der Waals surface area contributed by atoms with Gasteiger partial charge in [-0.1, -0.05) is 17.7 Å². The van der Waals surface area contributed by atoms with Crippen LogP contribution in [-0.4, -0.2) is 54.0 Å². The van der Waals surface area contributed by atoms with Crippen molar-refractivity contribution >= 4 is 39.1 Å². The highest BCUT2D eigenvalue weighted by atomic mass is 35.5. The summed E-state index contributed by atoms with van der Waals surface area (Å²) in [4.78, 5) is 14.5. The second kappa shape index (κ2) is 5.87. The Morgan fingerprint density at radius 2 is 1.58 bits per heavy atom. The van der Waals surface area contributed by atoms with Crippen LogP contribution < -0.4 is 0 Å². The molecular formula is C16H20Cl2N2O3S. The predicted molar refractivity (Wildman–Crippen MR) is 93.7 cm³/mol. The minimum Gasteiger partial charge on any atom is -0.339 e. The van der Waals surface area contributed by atoms with Gasteiger partial charge in [0.15, 0.2) is 0 Å². The van der Waals surface area contributed by atoms with Gasteiger partial charge in [0.25, 0.3) is 0 Å². The molecule has 1 saturated carbocycles. The number of benzene rings is 1. The Kier molecular flexibility index (Phi) is 4.40. The summed E-state index contributed by atoms with van der Waals surface area (Å²) in [6, 6.07) is 6.79. The number of amides is 1. The first kappa shape index (κ1) is 18.0. The second-order valence-electron chi connectivity index (χ2n) is 6.72. The molecule has 1 amide bonds. The van der Waals surface area contributed by atoms with Gasteiger partial charge in [0.2, 0.25) is 15.9 Å². The van der Waals surface area contributed by atoms with Crippen LogP contribution in [0, 0.1) is 12.3 Å². The maximum Gasteiger partial charge on any atom is 0.243 e. The highest BCUT2D eigenvalue weighted by Crippen LogP contribution is 2.64. The van der Waals surface area contributed by atoms with E-state index in [0.29, 0.717) is 19.5 Å². The van der Waals surface area contributed by atoms with Crippen LogP contribution in [0.25, 0.3) is 0 Å². The van der Waals surface area contributed by atoms with Crippen LogP contribution in [0.1, 0.15) is 18.9 Å². The van der Waals surface area contributed by atoms with Gasteiger partial charge in [0.05, 0.1) is 10.3 Å². The summed E-state index contributed by atoms with van der Waals surface area (Å²) in [6.07, 6.45) is 0.434. The highest BCUT2D eigenvalue weighted by Gasteiger charge is 2.68. The van der Waals surface area contributed by atoms with Gasteiger partial charge in [0, 0.05) is 26.2 Å². The lowest BCUT2D eigenvalue weighted by Crippen LogP contribution is -2.52. The van der Waals surface area contributed by atoms with Crippen molar-refractivity contribution in [3.8, 4) is 0 Å². The molecule has 1 saturated heterocycles. The van der Waals surface area contributed by atoms with Gasteiger partial charge in [-0.3, -0.25) is 4.79 Å². The molecule has 1 unspecified atom stereocenters. The number of sulfonamides is 1. The molecule has 1 heterocycles. The molecule has 1 aliphatic carbocycles. The van der Waals surface area contributed by atoms with Crippen LogP contribution in [0.5, 0.6) is 0 Å². The Morgan fingerprint density at radius 3 is 2.04 bits per heavy atom. The number of halogens is 2. The molecule has 24 heavy (non-hydrogen) atoms. The molecule has 0 bridgehead atoms. The Bertz CT molecular complexity index is 756. The Hall–Kier alpha value is -0.820. The lowest BCUT2D eigenvalue weighted by atomic mass is 10.1. The number of aryl methyl sites for hydroxylation is 1. The van der Waals surface area contributed by atoms with Crippen LogP contribution in [-0.2, 0) is 14.8 Å². The molecule has 0 radical (unpaired) electrons. The fraction of sp³-hybridized carbons (Fsp3) is 0.562. The highest BCUT2D eigenvalue weighted by molar-refractivity contribution is 7.89. The lowest BCUT2D eigenvalue weighted by Gasteiger charge is -2.35. The zero-order valence-corrected chi connectivity index (χ0v) is 16.0. The number of alkyl halides is 2. The fourth-order valence-electron chi connectivity index (χ4n) is 2.97. The lowest BCUT2D eigenvalue weighted by molar-refractivity contribution is -0.137. The molecule has 0 spiro atoms. The first-order valence-corrected chi connectivity index (χ1v) is 10.0. The molecular weight excluding hydrogens is 371 g/mol. The second-order valence-corrected chi connectivity index (χ2v) is 10.1. The number of carbonyl (C=O) groups is 1. The SMILES string of the molecule is Cc1ccc(S(=O)(=O)N2CCN(C(=O)C3(C)CC3(Cl)Cl)CC2)cc1. The van der Waals surface area contributed by atoms with Crippen molar-refractivity contribution in [1.29, 1.82) is 0 Å². The average Bonchev–Trinajstić information content (AvgIpc) is 3.06. The molecule has 1 aromatic carbocycles. The fourth-order valence-corrected chi connectivity index (χ4v) is 5.09. The standard InChI is InChI=1S/C16H20Cl2N2O3S/c1-12-3-5-13(6-4-12)24(22,23)20-9-7-19(8-10-20)14(21)15(2)11-16(15,17)18/h3-6H,7-11H2,1-2H3. The van der Waals surface area contributed by atoms with E-state index in [4.69, 9.17) is 23.2 Å². The van der Waals surface area contributed by atoms with Crippen molar-refractivity contribution in [3.63, 3.8) is 0 Å². The summed E-state index contributed by atoms with van der Waals surface area (Å²) in [5.74, 6) is -0.0973. The maximum atomic E-state index is 12.7. The molecule has 132 valence electrons. The Morgan fingerprint density at radius 1 is 1.08 bits per heavy atom. The molecule has 3 rings (SSSR count). The summed E-state index contributed by atoms with van der Waals surface area (Å²) in [5, 5.41) is 0. The molecule has 2 aliphatic rings. The van der Waals surface area contributed by atoms with E-state index in [9.17, 15) is 13.2 Å². The maximum absolute atomic E-state index is 12.7. The predicted octanol–water partition coefficient (Wildman–Crippen LogP) is 2.41. The van der Waals surface area contributed by atoms with E-state index in [1.165, 1.54) is 4.31 Å². The molecule has 1 atom stereocenters. The van der Waals surface area contributed by atoms with Gasteiger partial charge in [-0.15, -0.1) is 23.2 Å². The van der Waals surface area contributed by atoms with Gasteiger partial charge in [-0.05, 0) is 32.4 Å². The summed E-state index contributed by atoms with van der Waals surface area (Å²) in [6.45, 7) is 4.91. The largest absolute Gasteiger partial charge is 0.339 e. The van der Waals surface area contributed by atoms with Crippen LogP contribution in [0.3, 0.4) is 0 Å². The molecule has 0 N–H and O–H groups in total. The summed E-state index contributed by atoms with van der Waals surface area (Å²) in [5.41, 5.74) is 0.251. The monoisotopic (exact) mass is 390 g/mol. The van der Waals surface area contributed by atoms with Gasteiger partial charge in [-0.25, -0.2) is 8.42 Å². The first-order chi connectivity index (χ1) is 11.1. The van der Waals surface area contributed by atoms with E-state index in [2.05, 4.69) is 0 Å². The zero-order valence-electron chi connectivity index (χ0n) is 13.6. The summed E-state index contributed by atoms with van der Waals surface area (Å²) in [7, 11) is -3.53. The van der Waals surface area contributed by atoms with Gasteiger partial charge in [-0.2, -0.15) is 4.31 Å². The van der Waals surface area contributed by atoms with E-state index in [1.807, 2.05) is 6.92 Å². The van der Waals surface area contributed by atoms with Gasteiger partial charge >= 0.3 is 0 Å². The van der Waals surface area contributed by atoms with Crippen molar-refractivity contribution in [2.75, 3.05) is 26.2 Å². The van der Waals surface area contributed by atoms with Gasteiger partial charge in [0.1, 0.15) is 4.33 Å². The average molecular weight is 391 g/mol. The van der Waals surface area contributed by atoms with Crippen molar-refractivity contribution in [2.24, 2.45) is 5.41 Å². The van der Waals surface area contributed by atoms with Crippen LogP contribution in [0.2, 0.25) is 0 Å². The van der Waals surface area contributed by atoms with E-state index in [0.717, 1.165) is 5.56 Å². The van der Waals surface area contributed by atoms with Crippen LogP contribution >= 0.6 is 23.2 Å². The quantitative estimate of drug-likeness (QED) is 0.744. The van der Waals surface area contributed by atoms with Crippen molar-refractivity contribution in [1.82, 2.24) is 9.21 Å². The number of hydrogen-bond donors (Lipinski definition) is 0. The number of carbonyl (C=O) groups excluding carboxylic acids is 1. The van der Waals surface area contributed by atoms with Crippen molar-refractivity contribution in [2.45, 2.75) is 29.5 Å². The molecule has 1 aromatic rings. The van der Waals surface area contributed by atoms with Crippen LogP contribution in [0.4, 0.5) is 0 Å². The third kappa shape index (κ3) is 2.94. The van der Waals surface area contributed by atoms with E-state index < -0.39 is 19.8 Å². The Balaban J connectivity index is 1.67. The number of hydrogen-bond acceptors (Lipinski definition) is 3. The molecule has 0 aromatic heterocycles.